The maximum Gasteiger partial charge on any atom is 0.253 e. The van der Waals surface area contributed by atoms with Gasteiger partial charge in [-0.05, 0) is 36.6 Å². The van der Waals surface area contributed by atoms with Crippen molar-refractivity contribution in [1.82, 2.24) is 10.3 Å². The van der Waals surface area contributed by atoms with E-state index >= 15 is 0 Å². The Hall–Kier alpha value is -2.72. The Morgan fingerprint density at radius 1 is 1.08 bits per heavy atom. The van der Waals surface area contributed by atoms with Gasteiger partial charge >= 0.3 is 0 Å². The normalized spacial score (nSPS) is 10.8. The summed E-state index contributed by atoms with van der Waals surface area (Å²) in [5.74, 6) is -0.106. The molecule has 0 saturated heterocycles. The van der Waals surface area contributed by atoms with E-state index in [0.717, 1.165) is 40.8 Å². The zero-order valence-electron chi connectivity index (χ0n) is 15.3. The van der Waals surface area contributed by atoms with Gasteiger partial charge in [-0.3, -0.25) is 9.78 Å². The summed E-state index contributed by atoms with van der Waals surface area (Å²) in [6.45, 7) is 5.73. The van der Waals surface area contributed by atoms with Gasteiger partial charge in [-0.15, -0.1) is 0 Å². The highest BCUT2D eigenvalue weighted by Crippen LogP contribution is 2.17. The monoisotopic (exact) mass is 348 g/mol. The van der Waals surface area contributed by atoms with Crippen molar-refractivity contribution in [2.45, 2.75) is 33.4 Å². The van der Waals surface area contributed by atoms with Crippen LogP contribution in [-0.4, -0.2) is 17.5 Å². The minimum atomic E-state index is -0.106. The van der Waals surface area contributed by atoms with Gasteiger partial charge in [-0.1, -0.05) is 49.4 Å². The van der Waals surface area contributed by atoms with Crippen LogP contribution >= 0.6 is 0 Å². The lowest BCUT2D eigenvalue weighted by Crippen LogP contribution is -2.24. The molecule has 1 N–H and O–H groups in total. The number of hydrogen-bond acceptors (Lipinski definition) is 3. The fraction of sp³-hybridized carbons (Fsp3) is 0.273. The van der Waals surface area contributed by atoms with E-state index < -0.39 is 0 Å². The summed E-state index contributed by atoms with van der Waals surface area (Å²) >= 11 is 0. The fourth-order valence-electron chi connectivity index (χ4n) is 2.91. The molecule has 3 aromatic rings. The summed E-state index contributed by atoms with van der Waals surface area (Å²) in [6.07, 6.45) is 0.993. The number of ether oxygens (including phenoxy) is 1. The Labute approximate surface area is 154 Å². The van der Waals surface area contributed by atoms with E-state index in [9.17, 15) is 4.79 Å². The number of hydrogen-bond donors (Lipinski definition) is 1. The number of fused-ring (bicyclic) bond motifs is 1. The van der Waals surface area contributed by atoms with Gasteiger partial charge in [0.2, 0.25) is 0 Å². The minimum Gasteiger partial charge on any atom is -0.377 e. The number of aromatic nitrogens is 1. The Balaban J connectivity index is 1.72. The second-order valence-corrected chi connectivity index (χ2v) is 6.32. The molecule has 0 radical (unpaired) electrons. The highest BCUT2D eigenvalue weighted by molar-refractivity contribution is 5.98. The first kappa shape index (κ1) is 18.1. The van der Waals surface area contributed by atoms with E-state index in [1.165, 1.54) is 0 Å². The first-order chi connectivity index (χ1) is 12.7. The third-order valence-electron chi connectivity index (χ3n) is 4.32. The molecule has 134 valence electrons. The molecule has 26 heavy (non-hydrogen) atoms. The maximum atomic E-state index is 12.7. The molecule has 1 amide bonds. The SMILES string of the molecule is CCCOCc1ccccc1CNC(=O)c1cc2ccccc2nc1C. The van der Waals surface area contributed by atoms with Crippen LogP contribution in [0, 0.1) is 6.92 Å². The molecule has 0 aliphatic carbocycles. The highest BCUT2D eigenvalue weighted by atomic mass is 16.5. The van der Waals surface area contributed by atoms with Gasteiger partial charge < -0.3 is 10.1 Å². The number of amides is 1. The van der Waals surface area contributed by atoms with Crippen LogP contribution in [0.4, 0.5) is 0 Å². The molecule has 0 fully saturated rings. The second kappa shape index (κ2) is 8.59. The zero-order valence-corrected chi connectivity index (χ0v) is 15.3. The Bertz CT molecular complexity index is 906. The third kappa shape index (κ3) is 4.27. The van der Waals surface area contributed by atoms with Crippen LogP contribution in [0.1, 0.15) is 40.5 Å². The van der Waals surface area contributed by atoms with Crippen molar-refractivity contribution in [3.05, 3.63) is 77.0 Å². The van der Waals surface area contributed by atoms with Crippen molar-refractivity contribution in [3.8, 4) is 0 Å². The molecule has 0 aliphatic rings. The largest absolute Gasteiger partial charge is 0.377 e. The average Bonchev–Trinajstić information content (AvgIpc) is 2.66. The first-order valence-electron chi connectivity index (χ1n) is 8.98. The van der Waals surface area contributed by atoms with Crippen LogP contribution in [-0.2, 0) is 17.9 Å². The van der Waals surface area contributed by atoms with Gasteiger partial charge in [0, 0.05) is 18.5 Å². The molecule has 4 heteroatoms. The van der Waals surface area contributed by atoms with Crippen molar-refractivity contribution < 1.29 is 9.53 Å². The van der Waals surface area contributed by atoms with Gasteiger partial charge in [0.05, 0.1) is 23.4 Å². The number of nitrogens with one attached hydrogen (secondary N) is 1. The predicted molar refractivity (Wildman–Crippen MR) is 104 cm³/mol. The Morgan fingerprint density at radius 2 is 1.81 bits per heavy atom. The average molecular weight is 348 g/mol. The molecule has 0 bridgehead atoms. The van der Waals surface area contributed by atoms with E-state index in [-0.39, 0.29) is 5.91 Å². The zero-order chi connectivity index (χ0) is 18.4. The summed E-state index contributed by atoms with van der Waals surface area (Å²) in [5, 5.41) is 3.99. The number of benzene rings is 2. The number of carbonyl (C=O) groups is 1. The number of carbonyl (C=O) groups excluding carboxylic acids is 1. The molecule has 4 nitrogen and oxygen atoms in total. The van der Waals surface area contributed by atoms with E-state index in [1.807, 2.05) is 61.5 Å². The van der Waals surface area contributed by atoms with Gasteiger partial charge in [-0.2, -0.15) is 0 Å². The van der Waals surface area contributed by atoms with Crippen LogP contribution in [0.3, 0.4) is 0 Å². The number of aryl methyl sites for hydroxylation is 1. The van der Waals surface area contributed by atoms with E-state index in [1.54, 1.807) is 0 Å². The quantitative estimate of drug-likeness (QED) is 0.644. The molecule has 0 spiro atoms. The van der Waals surface area contributed by atoms with E-state index in [2.05, 4.69) is 17.2 Å². The van der Waals surface area contributed by atoms with Crippen LogP contribution < -0.4 is 5.32 Å². The topological polar surface area (TPSA) is 51.2 Å². The number of para-hydroxylation sites is 1. The number of rotatable bonds is 7. The van der Waals surface area contributed by atoms with Gasteiger partial charge in [-0.25, -0.2) is 0 Å². The lowest BCUT2D eigenvalue weighted by atomic mass is 10.1. The lowest BCUT2D eigenvalue weighted by molar-refractivity contribution is 0.0948. The Kier molecular flexibility index (Phi) is 5.97. The van der Waals surface area contributed by atoms with Gasteiger partial charge in [0.1, 0.15) is 0 Å². The van der Waals surface area contributed by atoms with Crippen LogP contribution in [0.15, 0.2) is 54.6 Å². The molecular weight excluding hydrogens is 324 g/mol. The molecule has 0 aliphatic heterocycles. The second-order valence-electron chi connectivity index (χ2n) is 6.32. The van der Waals surface area contributed by atoms with E-state index in [0.29, 0.717) is 18.7 Å². The molecule has 2 aromatic carbocycles. The smallest absolute Gasteiger partial charge is 0.253 e. The molecular formula is C22H24N2O2. The van der Waals surface area contributed by atoms with Crippen LogP contribution in [0.2, 0.25) is 0 Å². The minimum absolute atomic E-state index is 0.106. The first-order valence-corrected chi connectivity index (χ1v) is 8.98. The summed E-state index contributed by atoms with van der Waals surface area (Å²) < 4.78 is 5.65. The van der Waals surface area contributed by atoms with Gasteiger partial charge in [0.15, 0.2) is 0 Å². The molecule has 0 unspecified atom stereocenters. The van der Waals surface area contributed by atoms with Gasteiger partial charge in [0.25, 0.3) is 5.91 Å². The molecule has 1 aromatic heterocycles. The maximum absolute atomic E-state index is 12.7. The van der Waals surface area contributed by atoms with E-state index in [4.69, 9.17) is 4.74 Å². The van der Waals surface area contributed by atoms with Crippen molar-refractivity contribution in [3.63, 3.8) is 0 Å². The van der Waals surface area contributed by atoms with Crippen molar-refractivity contribution in [2.24, 2.45) is 0 Å². The lowest BCUT2D eigenvalue weighted by Gasteiger charge is -2.12. The fourth-order valence-corrected chi connectivity index (χ4v) is 2.91. The number of nitrogens with zero attached hydrogens (tertiary/aromatic N) is 1. The number of pyridine rings is 1. The predicted octanol–water partition coefficient (Wildman–Crippen LogP) is 4.40. The molecule has 0 saturated carbocycles. The molecule has 0 atom stereocenters. The standard InChI is InChI=1S/C22H24N2O2/c1-3-12-26-15-19-10-5-4-9-18(19)14-23-22(25)20-13-17-8-6-7-11-21(17)24-16(20)2/h4-11,13H,3,12,14-15H2,1-2H3,(H,23,25). The highest BCUT2D eigenvalue weighted by Gasteiger charge is 2.12. The molecule has 1 heterocycles. The van der Waals surface area contributed by atoms with Crippen molar-refractivity contribution >= 4 is 16.8 Å². The van der Waals surface area contributed by atoms with Crippen LogP contribution in [0.25, 0.3) is 10.9 Å². The van der Waals surface area contributed by atoms with Crippen molar-refractivity contribution in [2.75, 3.05) is 6.61 Å². The Morgan fingerprint density at radius 3 is 2.62 bits per heavy atom. The summed E-state index contributed by atoms with van der Waals surface area (Å²) in [4.78, 5) is 17.2. The van der Waals surface area contributed by atoms with Crippen LogP contribution in [0.5, 0.6) is 0 Å². The summed E-state index contributed by atoms with van der Waals surface area (Å²) in [7, 11) is 0. The summed E-state index contributed by atoms with van der Waals surface area (Å²) in [5.41, 5.74) is 4.43. The molecule has 3 rings (SSSR count). The third-order valence-corrected chi connectivity index (χ3v) is 4.32. The van der Waals surface area contributed by atoms with Crippen molar-refractivity contribution in [1.29, 1.82) is 0 Å². The summed E-state index contributed by atoms with van der Waals surface area (Å²) in [6, 6.07) is 17.8.